The fraction of sp³-hybridized carbons (Fsp3) is 0.615. The second kappa shape index (κ2) is 9.59. The van der Waals surface area contributed by atoms with Gasteiger partial charge in [-0.3, -0.25) is 0 Å². The molecule has 3 unspecified atom stereocenters. The van der Waals surface area contributed by atoms with Crippen LogP contribution >= 0.6 is 11.6 Å². The summed E-state index contributed by atoms with van der Waals surface area (Å²) in [6, 6.07) is 5.52. The van der Waals surface area contributed by atoms with Gasteiger partial charge in [-0.25, -0.2) is 0 Å². The normalized spacial score (nSPS) is 35.7. The molecule has 1 aliphatic heterocycles. The minimum Gasteiger partial charge on any atom is -0.496 e. The molecule has 180 valence electrons. The summed E-state index contributed by atoms with van der Waals surface area (Å²) in [5, 5.41) is 30.3. The molecule has 3 N–H and O–H groups in total. The smallest absolute Gasteiger partial charge is 0.228 e. The summed E-state index contributed by atoms with van der Waals surface area (Å²) in [5.41, 5.74) is 5.64. The van der Waals surface area contributed by atoms with Crippen LogP contribution in [0.4, 0.5) is 0 Å². The fourth-order valence-electron chi connectivity index (χ4n) is 6.17. The summed E-state index contributed by atoms with van der Waals surface area (Å²) in [5.74, 6) is 2.21. The number of aliphatic hydroxyl groups excluding tert-OH is 3. The van der Waals surface area contributed by atoms with Crippen LogP contribution in [-0.4, -0.2) is 53.6 Å². The number of benzene rings is 1. The van der Waals surface area contributed by atoms with E-state index in [9.17, 15) is 15.3 Å². The lowest BCUT2D eigenvalue weighted by Gasteiger charge is -2.43. The Kier molecular flexibility index (Phi) is 6.74. The first-order valence-electron chi connectivity index (χ1n) is 12.1. The van der Waals surface area contributed by atoms with Gasteiger partial charge in [0.2, 0.25) is 6.29 Å². The van der Waals surface area contributed by atoms with Crippen LogP contribution in [0.15, 0.2) is 34.9 Å². The predicted molar refractivity (Wildman–Crippen MR) is 125 cm³/mol. The van der Waals surface area contributed by atoms with E-state index in [0.29, 0.717) is 22.6 Å². The van der Waals surface area contributed by atoms with Crippen LogP contribution in [-0.2, 0) is 9.47 Å². The molecule has 1 aromatic carbocycles. The number of fused-ring (bicyclic) bond motifs is 3. The van der Waals surface area contributed by atoms with Gasteiger partial charge in [-0.2, -0.15) is 0 Å². The third-order valence-corrected chi connectivity index (χ3v) is 8.07. The van der Waals surface area contributed by atoms with Crippen LogP contribution in [0.5, 0.6) is 5.75 Å². The summed E-state index contributed by atoms with van der Waals surface area (Å²) in [4.78, 5) is 0. The van der Waals surface area contributed by atoms with Crippen LogP contribution in [0.25, 0.3) is 5.76 Å². The molecule has 6 nitrogen and oxygen atoms in total. The van der Waals surface area contributed by atoms with E-state index in [4.69, 9.17) is 25.8 Å². The maximum Gasteiger partial charge on any atom is 0.228 e. The number of rotatable bonds is 4. The Morgan fingerprint density at radius 3 is 2.70 bits per heavy atom. The molecule has 1 saturated heterocycles. The molecule has 7 heteroatoms. The van der Waals surface area contributed by atoms with Gasteiger partial charge < -0.3 is 29.5 Å². The average Bonchev–Trinajstić information content (AvgIpc) is 2.82. The topological polar surface area (TPSA) is 88.4 Å². The summed E-state index contributed by atoms with van der Waals surface area (Å²) in [7, 11) is 1.73. The molecule has 1 aromatic rings. The van der Waals surface area contributed by atoms with E-state index in [-0.39, 0.29) is 6.61 Å². The predicted octanol–water partition coefficient (Wildman–Crippen LogP) is 4.21. The van der Waals surface area contributed by atoms with Crippen LogP contribution in [0.1, 0.15) is 56.9 Å². The summed E-state index contributed by atoms with van der Waals surface area (Å²) in [6.07, 6.45) is 4.80. The molecule has 6 atom stereocenters. The van der Waals surface area contributed by atoms with Crippen LogP contribution in [0.3, 0.4) is 0 Å². The summed E-state index contributed by atoms with van der Waals surface area (Å²) >= 11 is 6.41. The van der Waals surface area contributed by atoms with E-state index in [1.165, 1.54) is 50.5 Å². The van der Waals surface area contributed by atoms with E-state index in [0.717, 1.165) is 17.7 Å². The monoisotopic (exact) mass is 476 g/mol. The highest BCUT2D eigenvalue weighted by Crippen LogP contribution is 2.53. The van der Waals surface area contributed by atoms with E-state index in [1.54, 1.807) is 24.3 Å². The van der Waals surface area contributed by atoms with Crippen molar-refractivity contribution in [2.75, 3.05) is 13.7 Å². The number of methoxy groups -OCH3 is 1. The zero-order valence-corrected chi connectivity index (χ0v) is 19.8. The number of hydrogen-bond acceptors (Lipinski definition) is 6. The molecule has 1 heterocycles. The lowest BCUT2D eigenvalue weighted by Crippen LogP contribution is -2.54. The SMILES string of the molecule is COC(=C1C2CCCC1C1=C(CCCC1)C2)c1ccc(Cl)c(O[C@@H]2OC[C@@H](O)[C@H](O)C2O)c1. The lowest BCUT2D eigenvalue weighted by molar-refractivity contribution is -0.242. The summed E-state index contributed by atoms with van der Waals surface area (Å²) < 4.78 is 17.3. The van der Waals surface area contributed by atoms with Crippen molar-refractivity contribution in [3.8, 4) is 5.75 Å². The molecule has 0 radical (unpaired) electrons. The van der Waals surface area contributed by atoms with Crippen molar-refractivity contribution in [3.63, 3.8) is 0 Å². The maximum absolute atomic E-state index is 10.3. The van der Waals surface area contributed by atoms with Gasteiger partial charge in [-0.15, -0.1) is 0 Å². The van der Waals surface area contributed by atoms with E-state index in [2.05, 4.69) is 0 Å². The molecule has 4 aliphatic rings. The zero-order valence-electron chi connectivity index (χ0n) is 19.0. The Morgan fingerprint density at radius 1 is 1.06 bits per heavy atom. The molecule has 2 bridgehead atoms. The Hall–Kier alpha value is -1.57. The van der Waals surface area contributed by atoms with Crippen molar-refractivity contribution >= 4 is 17.4 Å². The molecule has 5 rings (SSSR count). The van der Waals surface area contributed by atoms with Gasteiger partial charge in [0.05, 0.1) is 18.7 Å². The number of ether oxygens (including phenoxy) is 3. The second-order valence-electron chi connectivity index (χ2n) is 9.72. The Morgan fingerprint density at radius 2 is 1.88 bits per heavy atom. The van der Waals surface area contributed by atoms with Crippen molar-refractivity contribution in [2.45, 2.75) is 76.0 Å². The molecule has 3 aliphatic carbocycles. The number of allylic oxidation sites excluding steroid dienone is 3. The van der Waals surface area contributed by atoms with Gasteiger partial charge in [-0.1, -0.05) is 29.2 Å². The van der Waals surface area contributed by atoms with Crippen molar-refractivity contribution < 1.29 is 29.5 Å². The van der Waals surface area contributed by atoms with E-state index in [1.807, 2.05) is 12.1 Å². The zero-order chi connectivity index (χ0) is 23.1. The quantitative estimate of drug-likeness (QED) is 0.445. The van der Waals surface area contributed by atoms with Crippen molar-refractivity contribution in [1.29, 1.82) is 0 Å². The number of aliphatic hydroxyl groups is 3. The maximum atomic E-state index is 10.3. The molecule has 2 fully saturated rings. The second-order valence-corrected chi connectivity index (χ2v) is 10.1. The highest BCUT2D eigenvalue weighted by molar-refractivity contribution is 6.32. The van der Waals surface area contributed by atoms with Gasteiger partial charge in [0.15, 0.2) is 0 Å². The third-order valence-electron chi connectivity index (χ3n) is 7.76. The number of hydrogen-bond donors (Lipinski definition) is 3. The van der Waals surface area contributed by atoms with Gasteiger partial charge in [0.25, 0.3) is 0 Å². The highest BCUT2D eigenvalue weighted by atomic mass is 35.5. The molecule has 0 spiro atoms. The van der Waals surface area contributed by atoms with E-state index >= 15 is 0 Å². The van der Waals surface area contributed by atoms with Gasteiger partial charge in [-0.05, 0) is 74.6 Å². The van der Waals surface area contributed by atoms with Crippen LogP contribution in [0, 0.1) is 11.8 Å². The first kappa shape index (κ1) is 23.2. The highest BCUT2D eigenvalue weighted by Gasteiger charge is 2.41. The lowest BCUT2D eigenvalue weighted by atomic mass is 9.62. The van der Waals surface area contributed by atoms with Crippen molar-refractivity contribution in [3.05, 3.63) is 45.5 Å². The molecule has 33 heavy (non-hydrogen) atoms. The Bertz CT molecular complexity index is 956. The summed E-state index contributed by atoms with van der Waals surface area (Å²) in [6.45, 7) is -0.131. The Balaban J connectivity index is 1.48. The molecule has 1 saturated carbocycles. The van der Waals surface area contributed by atoms with Crippen LogP contribution in [0.2, 0.25) is 5.02 Å². The van der Waals surface area contributed by atoms with E-state index < -0.39 is 24.6 Å². The number of halogens is 1. The average molecular weight is 477 g/mol. The third kappa shape index (κ3) is 4.32. The van der Waals surface area contributed by atoms with Crippen molar-refractivity contribution in [1.82, 2.24) is 0 Å². The molecular formula is C26H33ClO6. The first-order chi connectivity index (χ1) is 16.0. The van der Waals surface area contributed by atoms with Gasteiger partial charge in [0.1, 0.15) is 29.8 Å². The van der Waals surface area contributed by atoms with Crippen molar-refractivity contribution in [2.24, 2.45) is 11.8 Å². The Labute approximate surface area is 199 Å². The standard InChI is InChI=1S/C26H33ClO6/c1-31-25(22-15-6-4-8-18(22)17-7-3-2-5-14(17)11-15)16-9-10-19(27)21(12-16)33-26-24(30)23(29)20(28)13-32-26/h9-10,12,15,18,20,23-24,26,28-30H,2-8,11,13H2,1H3/t15?,18?,20-,23+,24?,26+/m1/s1. The fourth-order valence-corrected chi connectivity index (χ4v) is 6.33. The van der Waals surface area contributed by atoms with Gasteiger partial charge >= 0.3 is 0 Å². The molecular weight excluding hydrogens is 444 g/mol. The molecule has 0 aromatic heterocycles. The largest absolute Gasteiger partial charge is 0.496 e. The van der Waals surface area contributed by atoms with Gasteiger partial charge in [0, 0.05) is 11.5 Å². The first-order valence-corrected chi connectivity index (χ1v) is 12.5. The molecule has 0 amide bonds. The van der Waals surface area contributed by atoms with Crippen LogP contribution < -0.4 is 4.74 Å². The minimum absolute atomic E-state index is 0.131. The minimum atomic E-state index is -1.39.